The first-order valence-electron chi connectivity index (χ1n) is 6.17. The van der Waals surface area contributed by atoms with Crippen LogP contribution in [0.1, 0.15) is 45.3 Å². The van der Waals surface area contributed by atoms with Crippen molar-refractivity contribution >= 4 is 0 Å². The van der Waals surface area contributed by atoms with Crippen LogP contribution in [0.15, 0.2) is 0 Å². The molecule has 0 heterocycles. The van der Waals surface area contributed by atoms with E-state index in [1.807, 2.05) is 0 Å². The van der Waals surface area contributed by atoms with E-state index in [4.69, 9.17) is 17.1 Å². The second-order valence-corrected chi connectivity index (χ2v) is 1.74. The predicted molar refractivity (Wildman–Crippen MR) is 41.9 cm³/mol. The van der Waals surface area contributed by atoms with Crippen molar-refractivity contribution in [2.45, 2.75) is 38.4 Å². The van der Waals surface area contributed by atoms with E-state index in [0.29, 0.717) is 0 Å². The minimum Gasteiger partial charge on any atom is -0.396 e. The van der Waals surface area contributed by atoms with E-state index in [9.17, 15) is 0 Å². The van der Waals surface area contributed by atoms with Crippen LogP contribution < -0.4 is 0 Å². The fourth-order valence-electron chi connectivity index (χ4n) is 0.453. The van der Waals surface area contributed by atoms with E-state index >= 15 is 0 Å². The molecule has 10 heavy (non-hydrogen) atoms. The molecule has 0 amide bonds. The first-order chi connectivity index (χ1) is 6.95. The molecular weight excluding hydrogens is 128 g/mol. The van der Waals surface area contributed by atoms with Gasteiger partial charge in [0.1, 0.15) is 0 Å². The Kier molecular flexibility index (Phi) is 3.63. The highest BCUT2D eigenvalue weighted by atomic mass is 16.3. The third kappa shape index (κ3) is 7.92. The van der Waals surface area contributed by atoms with Crippen molar-refractivity contribution in [3.05, 3.63) is 0 Å². The minimum atomic E-state index is -1.20. The molecule has 0 bridgehead atoms. The lowest BCUT2D eigenvalue weighted by Crippen LogP contribution is -1.85. The third-order valence-electron chi connectivity index (χ3n) is 0.896. The van der Waals surface area contributed by atoms with Gasteiger partial charge in [-0.15, -0.1) is 0 Å². The summed E-state index contributed by atoms with van der Waals surface area (Å²) in [5.41, 5.74) is 0. The van der Waals surface area contributed by atoms with Crippen molar-refractivity contribution in [2.24, 2.45) is 0 Å². The van der Waals surface area contributed by atoms with E-state index in [2.05, 4.69) is 0 Å². The molecule has 2 N–H and O–H groups in total. The summed E-state index contributed by atoms with van der Waals surface area (Å²) in [6.07, 6.45) is -5.45. The van der Waals surface area contributed by atoms with Crippen molar-refractivity contribution in [1.29, 1.82) is 0 Å². The summed E-state index contributed by atoms with van der Waals surface area (Å²) in [5, 5.41) is 17.2. The molecular formula is C8H18O2. The zero-order chi connectivity index (χ0) is 12.0. The van der Waals surface area contributed by atoms with Crippen molar-refractivity contribution in [3.8, 4) is 0 Å². The van der Waals surface area contributed by atoms with Gasteiger partial charge in [-0.05, 0) is 12.8 Å². The van der Waals surface area contributed by atoms with Crippen LogP contribution in [0.25, 0.3) is 0 Å². The molecule has 0 saturated carbocycles. The van der Waals surface area contributed by atoms with Gasteiger partial charge in [0.05, 0.1) is 0 Å². The highest BCUT2D eigenvalue weighted by Gasteiger charge is 1.88. The first kappa shape index (κ1) is 4.07. The van der Waals surface area contributed by atoms with Gasteiger partial charge in [0.15, 0.2) is 0 Å². The second kappa shape index (κ2) is 8.92. The standard InChI is InChI=1S/C8H18O2/c9-7-5-3-1-2-4-6-8-10/h9-10H,1-8H2/i1T,2T,3T,4T,5T. The lowest BCUT2D eigenvalue weighted by atomic mass is 10.1. The van der Waals surface area contributed by atoms with Crippen molar-refractivity contribution in [3.63, 3.8) is 0 Å². The van der Waals surface area contributed by atoms with Gasteiger partial charge in [0.25, 0.3) is 0 Å². The lowest BCUT2D eigenvalue weighted by molar-refractivity contribution is 0.275. The molecule has 0 spiro atoms. The second-order valence-electron chi connectivity index (χ2n) is 1.74. The van der Waals surface area contributed by atoms with Gasteiger partial charge in [-0.2, -0.15) is 0 Å². The molecule has 0 aromatic rings. The summed E-state index contributed by atoms with van der Waals surface area (Å²) in [6.45, 7) is -0.734. The van der Waals surface area contributed by atoms with Crippen LogP contribution in [0.5, 0.6) is 0 Å². The summed E-state index contributed by atoms with van der Waals surface area (Å²) >= 11 is 0. The van der Waals surface area contributed by atoms with Crippen LogP contribution in [0.4, 0.5) is 0 Å². The van der Waals surface area contributed by atoms with E-state index in [1.54, 1.807) is 0 Å². The van der Waals surface area contributed by atoms with E-state index < -0.39 is 38.6 Å². The largest absolute Gasteiger partial charge is 0.396 e. The molecule has 0 aliphatic carbocycles. The summed E-state index contributed by atoms with van der Waals surface area (Å²) in [5.74, 6) is 0. The summed E-state index contributed by atoms with van der Waals surface area (Å²) in [4.78, 5) is 0. The predicted octanol–water partition coefficient (Wildman–Crippen LogP) is 1.31. The Morgan fingerprint density at radius 3 is 2.00 bits per heavy atom. The SMILES string of the molecule is [3H]C(CO)C([3H])C([3H])C([3H])C([3H])CCO. The molecule has 0 aliphatic heterocycles. The minimum absolute atomic E-state index is 0.0953. The number of rotatable bonds is 7. The zero-order valence-corrected chi connectivity index (χ0v) is 5.90. The van der Waals surface area contributed by atoms with Crippen molar-refractivity contribution in [1.82, 2.24) is 0 Å². The van der Waals surface area contributed by atoms with Crippen LogP contribution in [0.3, 0.4) is 0 Å². The zero-order valence-electron chi connectivity index (χ0n) is 10.9. The summed E-state index contributed by atoms with van der Waals surface area (Å²) in [7, 11) is 0. The monoisotopic (exact) mass is 156 g/mol. The fourth-order valence-corrected chi connectivity index (χ4v) is 0.453. The molecule has 0 radical (unpaired) electrons. The molecule has 0 rings (SSSR count). The van der Waals surface area contributed by atoms with E-state index in [1.165, 1.54) is 0 Å². The van der Waals surface area contributed by atoms with E-state index in [0.717, 1.165) is 0 Å². The molecule has 0 aromatic heterocycles. The molecule has 0 fully saturated rings. The summed E-state index contributed by atoms with van der Waals surface area (Å²) in [6, 6.07) is 0. The number of hydrogen-bond acceptors (Lipinski definition) is 2. The molecule has 5 unspecified atom stereocenters. The quantitative estimate of drug-likeness (QED) is 0.583. The van der Waals surface area contributed by atoms with Gasteiger partial charge in [0.2, 0.25) is 0 Å². The van der Waals surface area contributed by atoms with Crippen LogP contribution in [-0.2, 0) is 0 Å². The van der Waals surface area contributed by atoms with E-state index in [-0.39, 0.29) is 13.0 Å². The topological polar surface area (TPSA) is 40.5 Å². The van der Waals surface area contributed by atoms with Gasteiger partial charge in [0, 0.05) is 20.1 Å². The molecule has 0 saturated heterocycles. The first-order valence-corrected chi connectivity index (χ1v) is 3.28. The van der Waals surface area contributed by atoms with Crippen LogP contribution in [-0.4, -0.2) is 23.4 Å². The maximum absolute atomic E-state index is 8.64. The van der Waals surface area contributed by atoms with Crippen molar-refractivity contribution in [2.75, 3.05) is 13.2 Å². The Hall–Kier alpha value is -0.0800. The molecule has 2 nitrogen and oxygen atoms in total. The molecule has 2 heteroatoms. The maximum atomic E-state index is 8.64. The Bertz CT molecular complexity index is 171. The Labute approximate surface area is 69.9 Å². The molecule has 0 aromatic carbocycles. The Morgan fingerprint density at radius 1 is 0.800 bits per heavy atom. The maximum Gasteiger partial charge on any atom is 0.0431 e. The van der Waals surface area contributed by atoms with Gasteiger partial charge in [-0.1, -0.05) is 25.6 Å². The average Bonchev–Trinajstić information content (AvgIpc) is 2.25. The summed E-state index contributed by atoms with van der Waals surface area (Å²) < 4.78 is 37.1. The average molecular weight is 156 g/mol. The number of aliphatic hydroxyl groups is 2. The lowest BCUT2D eigenvalue weighted by Gasteiger charge is -1.97. The number of hydrogen-bond donors (Lipinski definition) is 2. The number of aliphatic hydroxyl groups excluding tert-OH is 2. The molecule has 0 aliphatic rings. The van der Waals surface area contributed by atoms with Gasteiger partial charge >= 0.3 is 0 Å². The third-order valence-corrected chi connectivity index (χ3v) is 0.896. The molecule has 5 atom stereocenters. The Balaban J connectivity index is 4.22. The Morgan fingerprint density at radius 2 is 1.40 bits per heavy atom. The van der Waals surface area contributed by atoms with Gasteiger partial charge in [-0.3, -0.25) is 0 Å². The normalized spacial score (nSPS) is 33.2. The van der Waals surface area contributed by atoms with Gasteiger partial charge in [-0.25, -0.2) is 0 Å². The van der Waals surface area contributed by atoms with Crippen LogP contribution >= 0.6 is 0 Å². The van der Waals surface area contributed by atoms with Gasteiger partial charge < -0.3 is 10.2 Å². The van der Waals surface area contributed by atoms with Crippen LogP contribution in [0.2, 0.25) is 0 Å². The molecule has 62 valence electrons. The smallest absolute Gasteiger partial charge is 0.0431 e. The highest BCUT2D eigenvalue weighted by molar-refractivity contribution is 4.43. The fraction of sp³-hybridized carbons (Fsp3) is 1.00. The van der Waals surface area contributed by atoms with Crippen LogP contribution in [0, 0.1) is 0 Å². The highest BCUT2D eigenvalue weighted by Crippen LogP contribution is 2.03. The van der Waals surface area contributed by atoms with Crippen molar-refractivity contribution < 1.29 is 17.1 Å².